The van der Waals surface area contributed by atoms with Gasteiger partial charge in [0.2, 0.25) is 5.91 Å². The van der Waals surface area contributed by atoms with Crippen molar-refractivity contribution in [2.45, 2.75) is 58.4 Å². The van der Waals surface area contributed by atoms with E-state index in [9.17, 15) is 4.79 Å². The highest BCUT2D eigenvalue weighted by molar-refractivity contribution is 14.0. The number of nitrogens with zero attached hydrogens (tertiary/aromatic N) is 3. The third kappa shape index (κ3) is 6.69. The Morgan fingerprint density at radius 1 is 1.26 bits per heavy atom. The molecule has 3 rings (SSSR count). The number of carbonyl (C=O) groups excluding carboxylic acids is 1. The molecular weight excluding hydrogens is 505 g/mol. The van der Waals surface area contributed by atoms with Crippen LogP contribution in [0.3, 0.4) is 0 Å². The number of aliphatic imine (C=N–C) groups is 1. The molecule has 31 heavy (non-hydrogen) atoms. The van der Waals surface area contributed by atoms with Gasteiger partial charge in [0.15, 0.2) is 11.7 Å². The Hall–Kier alpha value is -2.10. The lowest BCUT2D eigenvalue weighted by Gasteiger charge is -2.17. The normalized spacial score (nSPS) is 13.2. The first-order chi connectivity index (χ1) is 14.7. The Morgan fingerprint density at radius 2 is 2.03 bits per heavy atom. The van der Waals surface area contributed by atoms with Crippen LogP contribution in [0.2, 0.25) is 0 Å². The maximum Gasteiger partial charge on any atom is 0.227 e. The van der Waals surface area contributed by atoms with E-state index in [2.05, 4.69) is 40.7 Å². The number of guanidine groups is 1. The second-order valence-corrected chi connectivity index (χ2v) is 7.61. The predicted octanol–water partition coefficient (Wildman–Crippen LogP) is 4.23. The maximum atomic E-state index is 12.6. The largest absolute Gasteiger partial charge is 0.359 e. The molecule has 0 aliphatic carbocycles. The molecule has 0 spiro atoms. The van der Waals surface area contributed by atoms with Crippen molar-refractivity contribution in [1.29, 1.82) is 0 Å². The number of para-hydroxylation sites is 1. The van der Waals surface area contributed by atoms with Crippen molar-refractivity contribution < 1.29 is 9.32 Å². The number of nitrogens with one attached hydrogen (secondary N) is 2. The molecule has 0 atom stereocenters. The average molecular weight is 539 g/mol. The van der Waals surface area contributed by atoms with Gasteiger partial charge in [0.1, 0.15) is 0 Å². The molecule has 1 aliphatic rings. The fourth-order valence-electron chi connectivity index (χ4n) is 3.88. The van der Waals surface area contributed by atoms with Crippen LogP contribution < -0.4 is 15.5 Å². The molecule has 2 N–H and O–H groups in total. The first-order valence-corrected chi connectivity index (χ1v) is 10.9. The van der Waals surface area contributed by atoms with Crippen molar-refractivity contribution in [2.75, 3.05) is 25.0 Å². The summed E-state index contributed by atoms with van der Waals surface area (Å²) in [5, 5.41) is 10.7. The summed E-state index contributed by atoms with van der Waals surface area (Å²) in [4.78, 5) is 18.7. The lowest BCUT2D eigenvalue weighted by atomic mass is 9.99. The van der Waals surface area contributed by atoms with Crippen LogP contribution in [-0.4, -0.2) is 37.2 Å². The number of halogens is 1. The van der Waals surface area contributed by atoms with Crippen molar-refractivity contribution in [2.24, 2.45) is 4.99 Å². The summed E-state index contributed by atoms with van der Waals surface area (Å²) < 4.78 is 5.44. The quantitative estimate of drug-likeness (QED) is 0.216. The zero-order valence-corrected chi connectivity index (χ0v) is 21.0. The summed E-state index contributed by atoms with van der Waals surface area (Å²) >= 11 is 0. The summed E-state index contributed by atoms with van der Waals surface area (Å²) in [6.45, 7) is 6.32. The Labute approximate surface area is 202 Å². The molecule has 0 bridgehead atoms. The SMILES string of the molecule is CCC(CC)c1cc(CNC(=NC)NCCCC(=O)N2CCc3ccccc32)on1.I. The van der Waals surface area contributed by atoms with E-state index in [1.165, 1.54) is 5.56 Å². The number of benzene rings is 1. The minimum Gasteiger partial charge on any atom is -0.359 e. The molecule has 1 aromatic heterocycles. The molecule has 0 saturated carbocycles. The van der Waals surface area contributed by atoms with Crippen LogP contribution in [0, 0.1) is 0 Å². The van der Waals surface area contributed by atoms with Crippen molar-refractivity contribution >= 4 is 41.5 Å². The molecule has 1 aromatic carbocycles. The van der Waals surface area contributed by atoms with Crippen LogP contribution in [0.15, 0.2) is 39.8 Å². The smallest absolute Gasteiger partial charge is 0.227 e. The van der Waals surface area contributed by atoms with Crippen LogP contribution in [-0.2, 0) is 17.8 Å². The van der Waals surface area contributed by atoms with Crippen molar-refractivity contribution in [3.63, 3.8) is 0 Å². The molecular formula is C23H34IN5O2. The molecule has 1 aliphatic heterocycles. The van der Waals surface area contributed by atoms with Gasteiger partial charge in [0, 0.05) is 44.2 Å². The highest BCUT2D eigenvalue weighted by Gasteiger charge is 2.23. The number of hydrogen-bond donors (Lipinski definition) is 2. The zero-order chi connectivity index (χ0) is 21.3. The van der Waals surface area contributed by atoms with Crippen LogP contribution in [0.5, 0.6) is 0 Å². The van der Waals surface area contributed by atoms with Gasteiger partial charge in [-0.25, -0.2) is 0 Å². The zero-order valence-electron chi connectivity index (χ0n) is 18.7. The van der Waals surface area contributed by atoms with Crippen LogP contribution >= 0.6 is 24.0 Å². The molecule has 2 aromatic rings. The summed E-state index contributed by atoms with van der Waals surface area (Å²) in [6.07, 6.45) is 4.32. The van der Waals surface area contributed by atoms with Gasteiger partial charge in [-0.15, -0.1) is 24.0 Å². The molecule has 0 saturated heterocycles. The van der Waals surface area contributed by atoms with Crippen LogP contribution in [0.25, 0.3) is 0 Å². The molecule has 8 heteroatoms. The molecule has 0 fully saturated rings. The maximum absolute atomic E-state index is 12.6. The minimum atomic E-state index is 0. The van der Waals surface area contributed by atoms with Gasteiger partial charge < -0.3 is 20.1 Å². The number of fused-ring (bicyclic) bond motifs is 1. The van der Waals surface area contributed by atoms with Gasteiger partial charge in [-0.2, -0.15) is 0 Å². The van der Waals surface area contributed by atoms with Crippen molar-refractivity contribution in [3.8, 4) is 0 Å². The van der Waals surface area contributed by atoms with E-state index in [4.69, 9.17) is 4.52 Å². The van der Waals surface area contributed by atoms with E-state index >= 15 is 0 Å². The van der Waals surface area contributed by atoms with Gasteiger partial charge in [0.05, 0.1) is 12.2 Å². The average Bonchev–Trinajstić information content (AvgIpc) is 3.41. The van der Waals surface area contributed by atoms with E-state index in [0.29, 0.717) is 31.4 Å². The second-order valence-electron chi connectivity index (χ2n) is 7.61. The highest BCUT2D eigenvalue weighted by Crippen LogP contribution is 2.28. The van der Waals surface area contributed by atoms with Crippen LogP contribution in [0.4, 0.5) is 5.69 Å². The summed E-state index contributed by atoms with van der Waals surface area (Å²) in [6, 6.07) is 10.2. The van der Waals surface area contributed by atoms with Crippen molar-refractivity contribution in [3.05, 3.63) is 47.3 Å². The summed E-state index contributed by atoms with van der Waals surface area (Å²) in [5.41, 5.74) is 3.34. The number of hydrogen-bond acceptors (Lipinski definition) is 4. The first-order valence-electron chi connectivity index (χ1n) is 10.9. The molecule has 0 radical (unpaired) electrons. The van der Waals surface area contributed by atoms with Gasteiger partial charge in [-0.1, -0.05) is 37.2 Å². The fourth-order valence-corrected chi connectivity index (χ4v) is 3.88. The summed E-state index contributed by atoms with van der Waals surface area (Å²) in [7, 11) is 1.73. The number of carbonyl (C=O) groups is 1. The van der Waals surface area contributed by atoms with E-state index in [1.54, 1.807) is 7.05 Å². The number of anilines is 1. The third-order valence-electron chi connectivity index (χ3n) is 5.68. The molecule has 2 heterocycles. The van der Waals surface area contributed by atoms with E-state index in [0.717, 1.165) is 49.4 Å². The fraction of sp³-hybridized carbons (Fsp3) is 0.522. The Balaban J connectivity index is 0.00000341. The van der Waals surface area contributed by atoms with Gasteiger partial charge in [0.25, 0.3) is 0 Å². The molecule has 0 unspecified atom stereocenters. The Kier molecular flexibility index (Phi) is 10.3. The summed E-state index contributed by atoms with van der Waals surface area (Å²) in [5.74, 6) is 2.11. The molecule has 170 valence electrons. The lowest BCUT2D eigenvalue weighted by Crippen LogP contribution is -2.37. The third-order valence-corrected chi connectivity index (χ3v) is 5.68. The second kappa shape index (κ2) is 12.7. The Bertz CT molecular complexity index is 863. The first kappa shape index (κ1) is 25.2. The monoisotopic (exact) mass is 539 g/mol. The van der Waals surface area contributed by atoms with Gasteiger partial charge in [-0.3, -0.25) is 9.79 Å². The standard InChI is InChI=1S/C23H33N5O2.HI/c1-4-17(5-2)20-15-19(30-27-20)16-26-23(24-3)25-13-8-11-22(29)28-14-12-18-9-6-7-10-21(18)28;/h6-7,9-10,15,17H,4-5,8,11-14,16H2,1-3H3,(H2,24,25,26);1H. The van der Waals surface area contributed by atoms with Crippen LogP contribution in [0.1, 0.15) is 62.5 Å². The van der Waals surface area contributed by atoms with Crippen molar-refractivity contribution in [1.82, 2.24) is 15.8 Å². The van der Waals surface area contributed by atoms with E-state index in [1.807, 2.05) is 29.2 Å². The lowest BCUT2D eigenvalue weighted by molar-refractivity contribution is -0.118. The number of amides is 1. The van der Waals surface area contributed by atoms with E-state index in [-0.39, 0.29) is 29.9 Å². The van der Waals surface area contributed by atoms with E-state index < -0.39 is 0 Å². The number of rotatable bonds is 9. The predicted molar refractivity (Wildman–Crippen MR) is 135 cm³/mol. The number of aromatic nitrogens is 1. The van der Waals surface area contributed by atoms with Gasteiger partial charge in [-0.05, 0) is 37.3 Å². The highest BCUT2D eigenvalue weighted by atomic mass is 127. The van der Waals surface area contributed by atoms with Gasteiger partial charge >= 0.3 is 0 Å². The minimum absolute atomic E-state index is 0. The Morgan fingerprint density at radius 3 is 2.77 bits per heavy atom. The topological polar surface area (TPSA) is 82.8 Å². The molecule has 1 amide bonds. The molecule has 7 nitrogen and oxygen atoms in total.